The first-order valence-electron chi connectivity index (χ1n) is 8.64. The van der Waals surface area contributed by atoms with Crippen molar-refractivity contribution in [2.45, 2.75) is 18.9 Å². The molecule has 0 saturated carbocycles. The third-order valence-electron chi connectivity index (χ3n) is 4.95. The van der Waals surface area contributed by atoms with Crippen molar-refractivity contribution in [2.75, 3.05) is 32.6 Å². The highest BCUT2D eigenvalue weighted by molar-refractivity contribution is 6.42. The number of anilines is 1. The molecule has 1 saturated heterocycles. The van der Waals surface area contributed by atoms with E-state index in [-0.39, 0.29) is 6.04 Å². The number of methoxy groups -OCH3 is 1. The normalized spacial score (nSPS) is 16.3. The van der Waals surface area contributed by atoms with Gasteiger partial charge in [-0.2, -0.15) is 0 Å². The number of hydrogen-bond acceptors (Lipinski definition) is 6. The second-order valence-corrected chi connectivity index (χ2v) is 7.60. The number of aromatic nitrogens is 4. The van der Waals surface area contributed by atoms with E-state index >= 15 is 0 Å². The zero-order valence-electron chi connectivity index (χ0n) is 15.3. The number of nitrogens with zero attached hydrogens (tertiary/aromatic N) is 4. The highest BCUT2D eigenvalue weighted by Crippen LogP contribution is 2.45. The molecule has 3 heterocycles. The molecule has 2 N–H and O–H groups in total. The van der Waals surface area contributed by atoms with Crippen LogP contribution in [0.5, 0.6) is 5.75 Å². The predicted octanol–water partition coefficient (Wildman–Crippen LogP) is 3.87. The van der Waals surface area contributed by atoms with Gasteiger partial charge in [0.05, 0.1) is 29.5 Å². The van der Waals surface area contributed by atoms with Gasteiger partial charge in [0.15, 0.2) is 11.5 Å². The Hall–Kier alpha value is -2.09. The van der Waals surface area contributed by atoms with Gasteiger partial charge in [-0.05, 0) is 20.0 Å². The molecule has 1 aromatic carbocycles. The number of nitrogens with one attached hydrogen (secondary N) is 2. The molecule has 27 heavy (non-hydrogen) atoms. The highest BCUT2D eigenvalue weighted by atomic mass is 35.5. The SMILES string of the molecule is COc1c(C(C)Nc2ncnc3nc[nH]c23)cc(Cl)c(Cl)c1C1CN(C)C1. The maximum Gasteiger partial charge on any atom is 0.182 e. The first-order valence-corrected chi connectivity index (χ1v) is 9.40. The van der Waals surface area contributed by atoms with Gasteiger partial charge in [-0.1, -0.05) is 23.2 Å². The molecule has 0 bridgehead atoms. The molecule has 1 fully saturated rings. The van der Waals surface area contributed by atoms with Crippen LogP contribution < -0.4 is 10.1 Å². The molecule has 1 unspecified atom stereocenters. The van der Waals surface area contributed by atoms with Crippen molar-refractivity contribution in [3.63, 3.8) is 0 Å². The fourth-order valence-electron chi connectivity index (χ4n) is 3.60. The molecule has 1 aliphatic heterocycles. The summed E-state index contributed by atoms with van der Waals surface area (Å²) in [6.45, 7) is 3.89. The van der Waals surface area contributed by atoms with Crippen LogP contribution >= 0.6 is 23.2 Å². The fourth-order valence-corrected chi connectivity index (χ4v) is 4.12. The molecule has 3 aromatic rings. The van der Waals surface area contributed by atoms with Gasteiger partial charge in [0.1, 0.15) is 17.6 Å². The summed E-state index contributed by atoms with van der Waals surface area (Å²) < 4.78 is 5.78. The van der Waals surface area contributed by atoms with Crippen LogP contribution in [0.1, 0.15) is 30.0 Å². The van der Waals surface area contributed by atoms with E-state index in [1.807, 2.05) is 13.0 Å². The Bertz CT molecular complexity index is 985. The Morgan fingerprint density at radius 2 is 2.07 bits per heavy atom. The monoisotopic (exact) mass is 406 g/mol. The molecular formula is C18H20Cl2N6O. The van der Waals surface area contributed by atoms with Gasteiger partial charge in [-0.15, -0.1) is 0 Å². The van der Waals surface area contributed by atoms with Gasteiger partial charge in [-0.3, -0.25) is 0 Å². The van der Waals surface area contributed by atoms with Gasteiger partial charge >= 0.3 is 0 Å². The van der Waals surface area contributed by atoms with Crippen LogP contribution in [0.3, 0.4) is 0 Å². The molecular weight excluding hydrogens is 387 g/mol. The summed E-state index contributed by atoms with van der Waals surface area (Å²) in [5, 5.41) is 4.50. The van der Waals surface area contributed by atoms with E-state index in [0.29, 0.717) is 27.4 Å². The largest absolute Gasteiger partial charge is 0.496 e. The average molecular weight is 407 g/mol. The van der Waals surface area contributed by atoms with Gasteiger partial charge in [0.2, 0.25) is 0 Å². The van der Waals surface area contributed by atoms with Crippen molar-refractivity contribution in [2.24, 2.45) is 0 Å². The van der Waals surface area contributed by atoms with E-state index in [0.717, 1.165) is 35.5 Å². The van der Waals surface area contributed by atoms with Crippen LogP contribution in [0, 0.1) is 0 Å². The lowest BCUT2D eigenvalue weighted by molar-refractivity contribution is 0.186. The molecule has 0 aliphatic carbocycles. The predicted molar refractivity (Wildman–Crippen MR) is 107 cm³/mol. The Labute approximate surface area is 167 Å². The lowest BCUT2D eigenvalue weighted by atomic mass is 9.88. The second kappa shape index (κ2) is 7.14. The van der Waals surface area contributed by atoms with Crippen LogP contribution in [0.25, 0.3) is 11.2 Å². The maximum absolute atomic E-state index is 6.55. The Morgan fingerprint density at radius 1 is 1.30 bits per heavy atom. The van der Waals surface area contributed by atoms with E-state index in [4.69, 9.17) is 27.9 Å². The first-order chi connectivity index (χ1) is 13.0. The minimum atomic E-state index is -0.118. The molecule has 0 radical (unpaired) electrons. The van der Waals surface area contributed by atoms with Crippen molar-refractivity contribution in [1.29, 1.82) is 0 Å². The molecule has 9 heteroatoms. The molecule has 1 aliphatic rings. The number of imidazole rings is 1. The minimum absolute atomic E-state index is 0.118. The summed E-state index contributed by atoms with van der Waals surface area (Å²) in [4.78, 5) is 17.9. The Kier molecular flexibility index (Phi) is 4.84. The van der Waals surface area contributed by atoms with E-state index in [1.165, 1.54) is 6.33 Å². The van der Waals surface area contributed by atoms with Crippen LogP contribution in [-0.4, -0.2) is 52.1 Å². The molecule has 0 spiro atoms. The van der Waals surface area contributed by atoms with E-state index < -0.39 is 0 Å². The zero-order chi connectivity index (χ0) is 19.1. The summed E-state index contributed by atoms with van der Waals surface area (Å²) in [5.41, 5.74) is 3.27. The second-order valence-electron chi connectivity index (χ2n) is 6.82. The summed E-state index contributed by atoms with van der Waals surface area (Å²) in [7, 11) is 3.75. The van der Waals surface area contributed by atoms with E-state index in [1.54, 1.807) is 13.4 Å². The molecule has 142 valence electrons. The molecule has 2 aromatic heterocycles. The van der Waals surface area contributed by atoms with Crippen molar-refractivity contribution in [3.05, 3.63) is 39.9 Å². The number of benzene rings is 1. The van der Waals surface area contributed by atoms with Crippen molar-refractivity contribution in [1.82, 2.24) is 24.8 Å². The van der Waals surface area contributed by atoms with Crippen LogP contribution in [0.15, 0.2) is 18.7 Å². The lowest BCUT2D eigenvalue weighted by Gasteiger charge is -2.38. The van der Waals surface area contributed by atoms with E-state index in [2.05, 4.69) is 37.2 Å². The topological polar surface area (TPSA) is 79.0 Å². The van der Waals surface area contributed by atoms with E-state index in [9.17, 15) is 0 Å². The number of likely N-dealkylation sites (N-methyl/N-ethyl adjacent to an activating group) is 1. The van der Waals surface area contributed by atoms with Crippen LogP contribution in [0.2, 0.25) is 10.0 Å². The van der Waals surface area contributed by atoms with Gasteiger partial charge in [0, 0.05) is 30.1 Å². The number of halogens is 2. The Balaban J connectivity index is 1.73. The maximum atomic E-state index is 6.55. The molecule has 4 rings (SSSR count). The summed E-state index contributed by atoms with van der Waals surface area (Å²) >= 11 is 13.0. The Morgan fingerprint density at radius 3 is 2.78 bits per heavy atom. The van der Waals surface area contributed by atoms with Gasteiger partial charge in [-0.25, -0.2) is 15.0 Å². The molecule has 0 amide bonds. The highest BCUT2D eigenvalue weighted by Gasteiger charge is 2.32. The van der Waals surface area contributed by atoms with Crippen molar-refractivity contribution < 1.29 is 4.74 Å². The van der Waals surface area contributed by atoms with Crippen molar-refractivity contribution >= 4 is 40.2 Å². The standard InChI is InChI=1S/C18H20Cl2N6O/c1-9(25-18-15-17(22-7-21-15)23-8-24-18)11-4-12(19)14(20)13(16(11)27-3)10-5-26(2)6-10/h4,7-10H,5-6H2,1-3H3,(H2,21,22,23,24,25). The third-order valence-corrected chi connectivity index (χ3v) is 5.76. The fraction of sp³-hybridized carbons (Fsp3) is 0.389. The zero-order valence-corrected chi connectivity index (χ0v) is 16.8. The summed E-state index contributed by atoms with van der Waals surface area (Å²) in [5.74, 6) is 1.75. The number of likely N-dealkylation sites (tertiary alicyclic amines) is 1. The molecule has 7 nitrogen and oxygen atoms in total. The van der Waals surface area contributed by atoms with Crippen LogP contribution in [-0.2, 0) is 0 Å². The van der Waals surface area contributed by atoms with Gasteiger partial charge in [0.25, 0.3) is 0 Å². The van der Waals surface area contributed by atoms with Crippen molar-refractivity contribution in [3.8, 4) is 5.75 Å². The average Bonchev–Trinajstić information content (AvgIpc) is 3.11. The lowest BCUT2D eigenvalue weighted by Crippen LogP contribution is -2.42. The van der Waals surface area contributed by atoms with Crippen LogP contribution in [0.4, 0.5) is 5.82 Å². The number of H-pyrrole nitrogens is 1. The summed E-state index contributed by atoms with van der Waals surface area (Å²) in [6, 6.07) is 1.74. The minimum Gasteiger partial charge on any atom is -0.496 e. The number of fused-ring (bicyclic) bond motifs is 1. The van der Waals surface area contributed by atoms with Gasteiger partial charge < -0.3 is 19.9 Å². The quantitative estimate of drug-likeness (QED) is 0.669. The third kappa shape index (κ3) is 3.20. The number of aromatic amines is 1. The number of rotatable bonds is 5. The smallest absolute Gasteiger partial charge is 0.182 e. The number of hydrogen-bond donors (Lipinski definition) is 2. The number of ether oxygens (including phenoxy) is 1. The molecule has 1 atom stereocenters. The first kappa shape index (κ1) is 18.3. The summed E-state index contributed by atoms with van der Waals surface area (Å²) in [6.07, 6.45) is 3.08.